The van der Waals surface area contributed by atoms with Crippen LogP contribution in [0.2, 0.25) is 0 Å². The van der Waals surface area contributed by atoms with Gasteiger partial charge in [0.2, 0.25) is 5.95 Å². The van der Waals surface area contributed by atoms with E-state index in [1.165, 1.54) is 25.7 Å². The van der Waals surface area contributed by atoms with Gasteiger partial charge in [-0.25, -0.2) is 4.98 Å². The summed E-state index contributed by atoms with van der Waals surface area (Å²) in [5.41, 5.74) is 10.8. The van der Waals surface area contributed by atoms with Crippen molar-refractivity contribution in [3.8, 4) is 39.9 Å². The summed E-state index contributed by atoms with van der Waals surface area (Å²) < 4.78 is 11.5. The highest BCUT2D eigenvalue weighted by atomic mass is 32.1. The van der Waals surface area contributed by atoms with Crippen molar-refractivity contribution in [2.24, 2.45) is 0 Å². The molecule has 4 heterocycles. The van der Waals surface area contributed by atoms with E-state index < -0.39 is 0 Å². The highest BCUT2D eigenvalue weighted by molar-refractivity contribution is 7.26. The lowest BCUT2D eigenvalue weighted by molar-refractivity contribution is 0.669. The van der Waals surface area contributed by atoms with E-state index in [-0.39, 0.29) is 0 Å². The average Bonchev–Trinajstić information content (AvgIpc) is 4.09. The van der Waals surface area contributed by atoms with E-state index >= 15 is 0 Å². The first kappa shape index (κ1) is 38.4. The van der Waals surface area contributed by atoms with Gasteiger partial charge in [-0.3, -0.25) is 4.57 Å². The van der Waals surface area contributed by atoms with E-state index in [1.54, 1.807) is 0 Å². The molecular weight excluding hydrogens is 851 g/mol. The maximum Gasteiger partial charge on any atom is 0.238 e. The number of aromatic nitrogens is 4. The van der Waals surface area contributed by atoms with Crippen LogP contribution in [0.5, 0.6) is 0 Å². The van der Waals surface area contributed by atoms with Gasteiger partial charge in [-0.1, -0.05) is 146 Å². The number of nitrogens with zero attached hydrogens (tertiary/aromatic N) is 5. The van der Waals surface area contributed by atoms with Crippen LogP contribution in [0.25, 0.3) is 115 Å². The molecule has 0 saturated carbocycles. The molecule has 318 valence electrons. The molecule has 0 unspecified atom stereocenters. The summed E-state index contributed by atoms with van der Waals surface area (Å²) in [6, 6.07) is 79.1. The van der Waals surface area contributed by atoms with Crippen molar-refractivity contribution >= 4 is 103 Å². The standard InChI is InChI=1S/C61H37N5OS/c1-3-16-41(17-4-1)65(42-18-5-2-6-19-42)43-33-29-39(30-34-43)59-62-60(51-26-14-24-49-46-21-9-11-27-54(46)67-57(49)51)64-61(63-59)66-53-36-32-40(37-52(53)48-35-31-38-15-7-8-20-44(38)56(48)66)45-23-13-25-50-47-22-10-12-28-55(47)68-58(45)50/h1-37H. The van der Waals surface area contributed by atoms with Crippen LogP contribution in [0, 0.1) is 0 Å². The molecule has 0 bridgehead atoms. The molecule has 68 heavy (non-hydrogen) atoms. The average molecular weight is 888 g/mol. The van der Waals surface area contributed by atoms with Crippen LogP contribution < -0.4 is 4.90 Å². The van der Waals surface area contributed by atoms with Crippen molar-refractivity contribution in [3.63, 3.8) is 0 Å². The van der Waals surface area contributed by atoms with Crippen molar-refractivity contribution in [2.75, 3.05) is 4.90 Å². The second-order valence-corrected chi connectivity index (χ2v) is 18.2. The Balaban J connectivity index is 1.01. The third kappa shape index (κ3) is 6.06. The molecule has 0 aliphatic carbocycles. The zero-order chi connectivity index (χ0) is 44.7. The molecule has 0 spiro atoms. The molecule has 6 nitrogen and oxygen atoms in total. The fourth-order valence-corrected chi connectivity index (χ4v) is 11.4. The molecule has 0 atom stereocenters. The normalized spacial score (nSPS) is 11.8. The van der Waals surface area contributed by atoms with Crippen LogP contribution in [0.1, 0.15) is 0 Å². The van der Waals surface area contributed by atoms with E-state index in [4.69, 9.17) is 19.4 Å². The van der Waals surface area contributed by atoms with Crippen LogP contribution >= 0.6 is 11.3 Å². The monoisotopic (exact) mass is 887 g/mol. The lowest BCUT2D eigenvalue weighted by atomic mass is 10.00. The summed E-state index contributed by atoms with van der Waals surface area (Å²) in [6.45, 7) is 0. The van der Waals surface area contributed by atoms with Crippen LogP contribution in [0.3, 0.4) is 0 Å². The van der Waals surface area contributed by atoms with Gasteiger partial charge in [0, 0.05) is 69.7 Å². The maximum atomic E-state index is 6.63. The zero-order valence-corrected chi connectivity index (χ0v) is 37.2. The van der Waals surface area contributed by atoms with Crippen molar-refractivity contribution in [3.05, 3.63) is 224 Å². The molecule has 0 fully saturated rings. The molecule has 0 amide bonds. The molecule has 14 aromatic rings. The van der Waals surface area contributed by atoms with E-state index in [2.05, 4.69) is 204 Å². The molecule has 14 rings (SSSR count). The molecular formula is C61H37N5OS. The van der Waals surface area contributed by atoms with Crippen LogP contribution in [-0.2, 0) is 0 Å². The predicted octanol–water partition coefficient (Wildman–Crippen LogP) is 16.9. The van der Waals surface area contributed by atoms with Gasteiger partial charge in [-0.2, -0.15) is 9.97 Å². The third-order valence-electron chi connectivity index (χ3n) is 13.2. The van der Waals surface area contributed by atoms with E-state index in [0.29, 0.717) is 17.6 Å². The number of hydrogen-bond donors (Lipinski definition) is 0. The Labute approximate surface area is 394 Å². The Kier molecular flexibility index (Phi) is 8.66. The van der Waals surface area contributed by atoms with E-state index in [9.17, 15) is 0 Å². The first-order chi connectivity index (χ1) is 33.7. The number of fused-ring (bicyclic) bond motifs is 11. The Morgan fingerprint density at radius 2 is 1.04 bits per heavy atom. The molecule has 0 aliphatic heterocycles. The van der Waals surface area contributed by atoms with Crippen molar-refractivity contribution in [2.45, 2.75) is 0 Å². The second-order valence-electron chi connectivity index (χ2n) is 17.1. The van der Waals surface area contributed by atoms with E-state index in [1.807, 2.05) is 41.7 Å². The lowest BCUT2D eigenvalue weighted by Crippen LogP contribution is -2.09. The minimum atomic E-state index is 0.521. The van der Waals surface area contributed by atoms with Gasteiger partial charge >= 0.3 is 0 Å². The number of benzene rings is 10. The molecule has 7 heteroatoms. The fraction of sp³-hybridized carbons (Fsp3) is 0. The Hall–Kier alpha value is -8.91. The second kappa shape index (κ2) is 15.3. The van der Waals surface area contributed by atoms with Gasteiger partial charge in [-0.15, -0.1) is 11.3 Å². The number of furan rings is 1. The van der Waals surface area contributed by atoms with Crippen LogP contribution in [0.4, 0.5) is 17.1 Å². The van der Waals surface area contributed by atoms with Crippen molar-refractivity contribution in [1.82, 2.24) is 19.5 Å². The molecule has 0 N–H and O–H groups in total. The number of rotatable bonds is 7. The maximum absolute atomic E-state index is 6.63. The quantitative estimate of drug-likeness (QED) is 0.160. The minimum Gasteiger partial charge on any atom is -0.455 e. The van der Waals surface area contributed by atoms with Gasteiger partial charge in [0.15, 0.2) is 11.6 Å². The van der Waals surface area contributed by atoms with Gasteiger partial charge in [0.1, 0.15) is 11.2 Å². The molecule has 0 radical (unpaired) electrons. The van der Waals surface area contributed by atoms with Gasteiger partial charge in [-0.05, 0) is 95.4 Å². The Bertz CT molecular complexity index is 4230. The van der Waals surface area contributed by atoms with Crippen LogP contribution in [0.15, 0.2) is 229 Å². The van der Waals surface area contributed by atoms with Crippen molar-refractivity contribution in [1.29, 1.82) is 0 Å². The SMILES string of the molecule is c1ccc(N(c2ccccc2)c2ccc(-c3nc(-c4cccc5c4oc4ccccc45)nc(-n4c5ccc(-c6cccc7c6sc6ccccc67)cc5c5ccc6ccccc6c54)n3)cc2)cc1. The fourth-order valence-electron chi connectivity index (χ4n) is 10.1. The van der Waals surface area contributed by atoms with Gasteiger partial charge < -0.3 is 9.32 Å². The number of hydrogen-bond acceptors (Lipinski definition) is 6. The topological polar surface area (TPSA) is 60.0 Å². The summed E-state index contributed by atoms with van der Waals surface area (Å²) in [7, 11) is 0. The summed E-state index contributed by atoms with van der Waals surface area (Å²) in [5, 5.41) is 9.12. The highest BCUT2D eigenvalue weighted by Gasteiger charge is 2.23. The summed E-state index contributed by atoms with van der Waals surface area (Å²) in [6.07, 6.45) is 0. The summed E-state index contributed by atoms with van der Waals surface area (Å²) in [5.74, 6) is 1.60. The van der Waals surface area contributed by atoms with Gasteiger partial charge in [0.05, 0.1) is 16.6 Å². The predicted molar refractivity (Wildman–Crippen MR) is 283 cm³/mol. The van der Waals surface area contributed by atoms with Crippen molar-refractivity contribution < 1.29 is 4.42 Å². The summed E-state index contributed by atoms with van der Waals surface area (Å²) in [4.78, 5) is 18.4. The van der Waals surface area contributed by atoms with E-state index in [0.717, 1.165) is 88.3 Å². The highest BCUT2D eigenvalue weighted by Crippen LogP contribution is 2.44. The number of anilines is 3. The largest absolute Gasteiger partial charge is 0.455 e. The van der Waals surface area contributed by atoms with Crippen LogP contribution in [-0.4, -0.2) is 19.5 Å². The number of para-hydroxylation sites is 4. The Morgan fingerprint density at radius 3 is 1.85 bits per heavy atom. The Morgan fingerprint density at radius 1 is 0.412 bits per heavy atom. The molecule has 10 aromatic carbocycles. The number of thiophene rings is 1. The molecule has 0 aliphatic rings. The third-order valence-corrected chi connectivity index (χ3v) is 14.5. The smallest absolute Gasteiger partial charge is 0.238 e. The summed E-state index contributed by atoms with van der Waals surface area (Å²) >= 11 is 1.85. The first-order valence-corrected chi connectivity index (χ1v) is 23.6. The minimum absolute atomic E-state index is 0.521. The molecule has 0 saturated heterocycles. The van der Waals surface area contributed by atoms with Gasteiger partial charge in [0.25, 0.3) is 0 Å². The molecule has 4 aromatic heterocycles. The lowest BCUT2D eigenvalue weighted by Gasteiger charge is -2.25. The first-order valence-electron chi connectivity index (χ1n) is 22.8. The zero-order valence-electron chi connectivity index (χ0n) is 36.4.